The molecule has 1 fully saturated rings. The molecule has 1 aromatic carbocycles. The van der Waals surface area contributed by atoms with E-state index < -0.39 is 0 Å². The topological polar surface area (TPSA) is 60.7 Å². The van der Waals surface area contributed by atoms with Crippen LogP contribution in [0, 0.1) is 12.8 Å². The van der Waals surface area contributed by atoms with Crippen molar-refractivity contribution in [2.75, 3.05) is 0 Å². The van der Waals surface area contributed by atoms with Gasteiger partial charge in [0.2, 0.25) is 0 Å². The van der Waals surface area contributed by atoms with Gasteiger partial charge in [-0.3, -0.25) is 4.79 Å². The molecule has 1 aliphatic rings. The molecule has 2 aromatic heterocycles. The minimum atomic E-state index is 0.222. The molecule has 5 nitrogen and oxygen atoms in total. The predicted octanol–water partition coefficient (Wildman–Crippen LogP) is 3.11. The lowest BCUT2D eigenvalue weighted by atomic mass is 9.99. The molecular formula is C17H16N4O. The monoisotopic (exact) mass is 292 g/mol. The molecule has 0 atom stereocenters. The molecule has 1 saturated carbocycles. The highest BCUT2D eigenvalue weighted by atomic mass is 16.1. The third-order valence-electron chi connectivity index (χ3n) is 4.21. The fourth-order valence-electron chi connectivity index (χ4n) is 2.78. The van der Waals surface area contributed by atoms with Crippen molar-refractivity contribution < 1.29 is 4.79 Å². The van der Waals surface area contributed by atoms with Crippen molar-refractivity contribution in [1.82, 2.24) is 20.0 Å². The number of nitrogens with zero attached hydrogens (tertiary/aromatic N) is 4. The third kappa shape index (κ3) is 2.19. The Morgan fingerprint density at radius 3 is 2.95 bits per heavy atom. The molecule has 0 unspecified atom stereocenters. The van der Waals surface area contributed by atoms with E-state index in [1.807, 2.05) is 37.3 Å². The lowest BCUT2D eigenvalue weighted by molar-refractivity contribution is 0.0975. The second-order valence-electron chi connectivity index (χ2n) is 5.87. The Labute approximate surface area is 128 Å². The summed E-state index contributed by atoms with van der Waals surface area (Å²) in [5.41, 5.74) is 4.03. The molecule has 22 heavy (non-hydrogen) atoms. The highest BCUT2D eigenvalue weighted by Crippen LogP contribution is 2.34. The largest absolute Gasteiger partial charge is 0.294 e. The molecular weight excluding hydrogens is 276 g/mol. The van der Waals surface area contributed by atoms with Gasteiger partial charge < -0.3 is 0 Å². The van der Waals surface area contributed by atoms with Gasteiger partial charge in [-0.25, -0.2) is 4.98 Å². The van der Waals surface area contributed by atoms with Gasteiger partial charge in [0.25, 0.3) is 0 Å². The van der Waals surface area contributed by atoms with E-state index in [0.29, 0.717) is 18.0 Å². The first-order valence-corrected chi connectivity index (χ1v) is 7.53. The lowest BCUT2D eigenvalue weighted by Gasteiger charge is -2.10. The van der Waals surface area contributed by atoms with Gasteiger partial charge in [0.15, 0.2) is 11.4 Å². The molecule has 2 heterocycles. The summed E-state index contributed by atoms with van der Waals surface area (Å²) < 4.78 is 1.71. The smallest absolute Gasteiger partial charge is 0.183 e. The number of pyridine rings is 1. The number of carbonyl (C=O) groups is 1. The zero-order chi connectivity index (χ0) is 15.1. The van der Waals surface area contributed by atoms with Crippen molar-refractivity contribution in [2.24, 2.45) is 5.92 Å². The van der Waals surface area contributed by atoms with Gasteiger partial charge in [-0.15, -0.1) is 5.10 Å². The van der Waals surface area contributed by atoms with Crippen molar-refractivity contribution in [3.05, 3.63) is 47.7 Å². The van der Waals surface area contributed by atoms with E-state index in [1.54, 1.807) is 10.9 Å². The van der Waals surface area contributed by atoms with Crippen LogP contribution < -0.4 is 0 Å². The van der Waals surface area contributed by atoms with Gasteiger partial charge in [-0.1, -0.05) is 17.3 Å². The van der Waals surface area contributed by atoms with E-state index in [2.05, 4.69) is 15.3 Å². The number of rotatable bonds is 4. The number of fused-ring (bicyclic) bond motifs is 1. The molecule has 4 rings (SSSR count). The van der Waals surface area contributed by atoms with Crippen LogP contribution >= 0.6 is 0 Å². The molecule has 0 amide bonds. The van der Waals surface area contributed by atoms with Crippen LogP contribution in [0.15, 0.2) is 36.5 Å². The average Bonchev–Trinajstić information content (AvgIpc) is 3.24. The molecule has 110 valence electrons. The van der Waals surface area contributed by atoms with Gasteiger partial charge in [-0.05, 0) is 49.4 Å². The summed E-state index contributed by atoms with van der Waals surface area (Å²) in [6.07, 6.45) is 4.74. The number of Topliss-reactive ketones (excluding diaryl/α,β-unsaturated/α-hetero) is 1. The highest BCUT2D eigenvalue weighted by molar-refractivity contribution is 5.98. The van der Waals surface area contributed by atoms with E-state index in [1.165, 1.54) is 12.8 Å². The first-order valence-electron chi connectivity index (χ1n) is 7.53. The summed E-state index contributed by atoms with van der Waals surface area (Å²) in [6.45, 7) is 1.96. The van der Waals surface area contributed by atoms with E-state index in [-0.39, 0.29) is 5.78 Å². The van der Waals surface area contributed by atoms with Crippen molar-refractivity contribution in [1.29, 1.82) is 0 Å². The van der Waals surface area contributed by atoms with Crippen LogP contribution in [0.25, 0.3) is 16.9 Å². The maximum absolute atomic E-state index is 12.4. The Morgan fingerprint density at radius 2 is 2.14 bits per heavy atom. The van der Waals surface area contributed by atoms with Crippen LogP contribution in [-0.2, 0) is 0 Å². The van der Waals surface area contributed by atoms with Gasteiger partial charge >= 0.3 is 0 Å². The number of aromatic nitrogens is 4. The second-order valence-corrected chi connectivity index (χ2v) is 5.87. The van der Waals surface area contributed by atoms with Crippen molar-refractivity contribution in [2.45, 2.75) is 26.2 Å². The SMILES string of the molecule is Cc1c(C(=O)CC2CC2)cccc1-n1nnc2cccnc21. The number of carbonyl (C=O) groups excluding carboxylic acids is 1. The number of hydrogen-bond donors (Lipinski definition) is 0. The Balaban J connectivity index is 1.80. The number of ketones is 1. The molecule has 0 bridgehead atoms. The van der Waals surface area contributed by atoms with Gasteiger partial charge in [0.1, 0.15) is 5.52 Å². The van der Waals surface area contributed by atoms with Gasteiger partial charge in [0.05, 0.1) is 5.69 Å². The summed E-state index contributed by atoms with van der Waals surface area (Å²) in [5, 5.41) is 8.33. The summed E-state index contributed by atoms with van der Waals surface area (Å²) in [5.74, 6) is 0.809. The van der Waals surface area contributed by atoms with Gasteiger partial charge in [0, 0.05) is 18.2 Å². The Hall–Kier alpha value is -2.56. The minimum Gasteiger partial charge on any atom is -0.294 e. The standard InChI is InChI=1S/C17H16N4O/c1-11-13(16(22)10-12-7-8-12)4-2-6-15(11)21-17-14(19-20-21)5-3-9-18-17/h2-6,9,12H,7-8,10H2,1H3. The highest BCUT2D eigenvalue weighted by Gasteiger charge is 2.26. The Morgan fingerprint density at radius 1 is 1.27 bits per heavy atom. The fraction of sp³-hybridized carbons (Fsp3) is 0.294. The van der Waals surface area contributed by atoms with Crippen LogP contribution in [0.2, 0.25) is 0 Å². The molecule has 0 aliphatic heterocycles. The molecule has 0 N–H and O–H groups in total. The third-order valence-corrected chi connectivity index (χ3v) is 4.21. The van der Waals surface area contributed by atoms with E-state index >= 15 is 0 Å². The van der Waals surface area contributed by atoms with Crippen LogP contribution in [0.3, 0.4) is 0 Å². The summed E-state index contributed by atoms with van der Waals surface area (Å²) >= 11 is 0. The summed E-state index contributed by atoms with van der Waals surface area (Å²) in [6, 6.07) is 9.47. The lowest BCUT2D eigenvalue weighted by Crippen LogP contribution is -2.07. The number of hydrogen-bond acceptors (Lipinski definition) is 4. The van der Waals surface area contributed by atoms with Crippen LogP contribution in [-0.4, -0.2) is 25.8 Å². The quantitative estimate of drug-likeness (QED) is 0.693. The van der Waals surface area contributed by atoms with Gasteiger partial charge in [-0.2, -0.15) is 4.68 Å². The van der Waals surface area contributed by atoms with Crippen molar-refractivity contribution >= 4 is 16.9 Å². The average molecular weight is 292 g/mol. The number of benzene rings is 1. The van der Waals surface area contributed by atoms with E-state index in [4.69, 9.17) is 0 Å². The van der Waals surface area contributed by atoms with Crippen LogP contribution in [0.5, 0.6) is 0 Å². The molecule has 1 aliphatic carbocycles. The molecule has 0 saturated heterocycles. The molecule has 0 radical (unpaired) electrons. The Kier molecular flexibility index (Phi) is 2.99. The minimum absolute atomic E-state index is 0.222. The maximum Gasteiger partial charge on any atom is 0.183 e. The van der Waals surface area contributed by atoms with E-state index in [0.717, 1.165) is 22.3 Å². The zero-order valence-electron chi connectivity index (χ0n) is 12.4. The predicted molar refractivity (Wildman–Crippen MR) is 83.1 cm³/mol. The fourth-order valence-corrected chi connectivity index (χ4v) is 2.78. The maximum atomic E-state index is 12.4. The van der Waals surface area contributed by atoms with Crippen molar-refractivity contribution in [3.8, 4) is 5.69 Å². The Bertz CT molecular complexity index is 864. The van der Waals surface area contributed by atoms with Crippen LogP contribution in [0.4, 0.5) is 0 Å². The summed E-state index contributed by atoms with van der Waals surface area (Å²) in [4.78, 5) is 16.8. The second kappa shape index (κ2) is 5.02. The molecule has 0 spiro atoms. The first kappa shape index (κ1) is 13.1. The van der Waals surface area contributed by atoms with Crippen LogP contribution in [0.1, 0.15) is 35.2 Å². The first-order chi connectivity index (χ1) is 10.7. The summed E-state index contributed by atoms with van der Waals surface area (Å²) in [7, 11) is 0. The normalized spacial score (nSPS) is 14.4. The molecule has 5 heteroatoms. The van der Waals surface area contributed by atoms with Crippen molar-refractivity contribution in [3.63, 3.8) is 0 Å². The van der Waals surface area contributed by atoms with E-state index in [9.17, 15) is 4.79 Å². The molecule has 3 aromatic rings. The zero-order valence-corrected chi connectivity index (χ0v) is 12.4.